The molecule has 11 nitrogen and oxygen atoms in total. The summed E-state index contributed by atoms with van der Waals surface area (Å²) in [4.78, 5) is 22.9. The normalized spacial score (nSPS) is 11.2. The Morgan fingerprint density at radius 2 is 1.65 bits per heavy atom. The van der Waals surface area contributed by atoms with Crippen molar-refractivity contribution in [3.8, 4) is 11.5 Å². The molecule has 194 valence electrons. The van der Waals surface area contributed by atoms with Crippen LogP contribution in [0.4, 0.5) is 11.4 Å². The third-order valence-corrected chi connectivity index (χ3v) is 6.75. The maximum atomic E-state index is 13.5. The second-order valence-electron chi connectivity index (χ2n) is 7.44. The van der Waals surface area contributed by atoms with Gasteiger partial charge in [0.25, 0.3) is 21.6 Å². The molecule has 0 aliphatic rings. The quantitative estimate of drug-likeness (QED) is 0.215. The summed E-state index contributed by atoms with van der Waals surface area (Å²) in [6.07, 6.45) is 1.37. The van der Waals surface area contributed by atoms with E-state index in [1.807, 2.05) is 13.8 Å². The molecule has 0 atom stereocenters. The van der Waals surface area contributed by atoms with E-state index in [0.717, 1.165) is 16.4 Å². The van der Waals surface area contributed by atoms with Crippen molar-refractivity contribution in [2.24, 2.45) is 5.10 Å². The topological polar surface area (TPSA) is 140 Å². The third kappa shape index (κ3) is 6.82. The number of nitrogens with one attached hydrogen (secondary N) is 1. The van der Waals surface area contributed by atoms with Crippen molar-refractivity contribution >= 4 is 33.5 Å². The second kappa shape index (κ2) is 12.5. The van der Waals surface area contributed by atoms with Crippen LogP contribution in [-0.2, 0) is 14.8 Å². The van der Waals surface area contributed by atoms with E-state index in [4.69, 9.17) is 9.47 Å². The van der Waals surface area contributed by atoms with Gasteiger partial charge in [0.2, 0.25) is 0 Å². The predicted octanol–water partition coefficient (Wildman–Crippen LogP) is 3.74. The van der Waals surface area contributed by atoms with Gasteiger partial charge in [-0.2, -0.15) is 5.10 Å². The fourth-order valence-electron chi connectivity index (χ4n) is 3.35. The number of hydrogen-bond donors (Lipinski definition) is 1. The lowest BCUT2D eigenvalue weighted by Crippen LogP contribution is -2.39. The van der Waals surface area contributed by atoms with Crippen LogP contribution in [0, 0.1) is 10.1 Å². The minimum absolute atomic E-state index is 0.160. The van der Waals surface area contributed by atoms with Gasteiger partial charge in [-0.1, -0.05) is 30.3 Å². The Morgan fingerprint density at radius 1 is 1.00 bits per heavy atom. The molecule has 0 heterocycles. The Hall–Kier alpha value is -4.45. The lowest BCUT2D eigenvalue weighted by Gasteiger charge is -2.23. The van der Waals surface area contributed by atoms with Crippen molar-refractivity contribution in [3.63, 3.8) is 0 Å². The zero-order chi connectivity index (χ0) is 26.8. The molecule has 0 radical (unpaired) electrons. The van der Waals surface area contributed by atoms with Crippen molar-refractivity contribution in [2.75, 3.05) is 24.1 Å². The van der Waals surface area contributed by atoms with Crippen molar-refractivity contribution < 1.29 is 27.6 Å². The smallest absolute Gasteiger partial charge is 0.289 e. The van der Waals surface area contributed by atoms with Crippen molar-refractivity contribution in [1.29, 1.82) is 0 Å². The van der Waals surface area contributed by atoms with Crippen LogP contribution >= 0.6 is 0 Å². The van der Waals surface area contributed by atoms with Crippen LogP contribution in [0.3, 0.4) is 0 Å². The van der Waals surface area contributed by atoms with Crippen molar-refractivity contribution in [1.82, 2.24) is 5.43 Å². The van der Waals surface area contributed by atoms with Crippen LogP contribution in [0.5, 0.6) is 11.5 Å². The Kier molecular flexibility index (Phi) is 9.16. The number of ether oxygens (including phenoxy) is 2. The SMILES string of the molecule is CCOc1ccc(/C=N\NC(=O)CN(c2ccccc2)S(=O)(=O)c2ccccc2[N+](=O)[O-])cc1OCC. The number of carbonyl (C=O) groups excluding carboxylic acids is 1. The lowest BCUT2D eigenvalue weighted by atomic mass is 10.2. The summed E-state index contributed by atoms with van der Waals surface area (Å²) in [6.45, 7) is 3.93. The Bertz CT molecular complexity index is 1380. The van der Waals surface area contributed by atoms with E-state index in [0.29, 0.717) is 30.3 Å². The number of carbonyl (C=O) groups is 1. The Labute approximate surface area is 214 Å². The molecule has 3 aromatic carbocycles. The Balaban J connectivity index is 1.83. The van der Waals surface area contributed by atoms with E-state index < -0.39 is 38.0 Å². The zero-order valence-corrected chi connectivity index (χ0v) is 21.1. The number of hydrogen-bond acceptors (Lipinski definition) is 8. The van der Waals surface area contributed by atoms with Gasteiger partial charge < -0.3 is 9.47 Å². The van der Waals surface area contributed by atoms with Crippen LogP contribution < -0.4 is 19.2 Å². The van der Waals surface area contributed by atoms with Gasteiger partial charge in [-0.05, 0) is 55.8 Å². The molecule has 0 spiro atoms. The standard InChI is InChI=1S/C25H26N4O7S/c1-3-35-22-15-14-19(16-23(22)36-4-2)17-26-27-25(30)18-28(20-10-6-5-7-11-20)37(33,34)24-13-9-8-12-21(24)29(31)32/h5-17H,3-4,18H2,1-2H3,(H,27,30)/b26-17-. The number of nitrogens with zero attached hydrogens (tertiary/aromatic N) is 3. The molecule has 37 heavy (non-hydrogen) atoms. The molecule has 0 aromatic heterocycles. The number of para-hydroxylation sites is 2. The molecule has 0 fully saturated rings. The van der Waals surface area contributed by atoms with Crippen LogP contribution in [0.15, 0.2) is 82.8 Å². The van der Waals surface area contributed by atoms with Gasteiger partial charge in [0.05, 0.1) is 30.0 Å². The number of sulfonamides is 1. The van der Waals surface area contributed by atoms with E-state index in [1.165, 1.54) is 30.5 Å². The molecule has 0 aliphatic carbocycles. The first-order valence-corrected chi connectivity index (χ1v) is 12.7. The first kappa shape index (κ1) is 27.1. The van der Waals surface area contributed by atoms with Crippen molar-refractivity contribution in [2.45, 2.75) is 18.7 Å². The molecular weight excluding hydrogens is 500 g/mol. The lowest BCUT2D eigenvalue weighted by molar-refractivity contribution is -0.387. The zero-order valence-electron chi connectivity index (χ0n) is 20.2. The van der Waals surface area contributed by atoms with Crippen LogP contribution in [0.2, 0.25) is 0 Å². The highest BCUT2D eigenvalue weighted by Crippen LogP contribution is 2.30. The number of amides is 1. The van der Waals surface area contributed by atoms with Gasteiger partial charge in [0, 0.05) is 6.07 Å². The van der Waals surface area contributed by atoms with E-state index in [2.05, 4.69) is 10.5 Å². The fraction of sp³-hybridized carbons (Fsp3) is 0.200. The van der Waals surface area contributed by atoms with Crippen LogP contribution in [0.1, 0.15) is 19.4 Å². The van der Waals surface area contributed by atoms with Gasteiger partial charge in [-0.3, -0.25) is 19.2 Å². The van der Waals surface area contributed by atoms with Gasteiger partial charge in [0.15, 0.2) is 16.4 Å². The van der Waals surface area contributed by atoms with E-state index in [-0.39, 0.29) is 5.69 Å². The summed E-state index contributed by atoms with van der Waals surface area (Å²) in [7, 11) is -4.48. The molecule has 12 heteroatoms. The summed E-state index contributed by atoms with van der Waals surface area (Å²) < 4.78 is 38.8. The summed E-state index contributed by atoms with van der Waals surface area (Å²) in [5.74, 6) is 0.341. The highest BCUT2D eigenvalue weighted by molar-refractivity contribution is 7.93. The van der Waals surface area contributed by atoms with Crippen LogP contribution in [-0.4, -0.2) is 45.2 Å². The molecule has 1 amide bonds. The molecule has 3 rings (SSSR count). The minimum atomic E-state index is -4.48. The van der Waals surface area contributed by atoms with E-state index in [1.54, 1.807) is 36.4 Å². The second-order valence-corrected chi connectivity index (χ2v) is 9.27. The summed E-state index contributed by atoms with van der Waals surface area (Å²) >= 11 is 0. The molecule has 0 bridgehead atoms. The summed E-state index contributed by atoms with van der Waals surface area (Å²) in [6, 6.07) is 17.9. The first-order chi connectivity index (χ1) is 17.8. The largest absolute Gasteiger partial charge is 0.490 e. The number of nitro benzene ring substituents is 1. The predicted molar refractivity (Wildman–Crippen MR) is 139 cm³/mol. The average Bonchev–Trinajstić information content (AvgIpc) is 2.89. The highest BCUT2D eigenvalue weighted by Gasteiger charge is 2.33. The number of hydrazone groups is 1. The van der Waals surface area contributed by atoms with Gasteiger partial charge >= 0.3 is 0 Å². The Morgan fingerprint density at radius 3 is 2.32 bits per heavy atom. The summed E-state index contributed by atoms with van der Waals surface area (Å²) in [5.41, 5.74) is 2.48. The molecule has 0 aliphatic heterocycles. The van der Waals surface area contributed by atoms with Crippen molar-refractivity contribution in [3.05, 3.63) is 88.5 Å². The average molecular weight is 527 g/mol. The molecule has 3 aromatic rings. The molecule has 0 unspecified atom stereocenters. The fourth-order valence-corrected chi connectivity index (χ4v) is 4.93. The van der Waals surface area contributed by atoms with E-state index >= 15 is 0 Å². The van der Waals surface area contributed by atoms with E-state index in [9.17, 15) is 23.3 Å². The van der Waals surface area contributed by atoms with Gasteiger partial charge in [-0.25, -0.2) is 13.8 Å². The summed E-state index contributed by atoms with van der Waals surface area (Å²) in [5, 5.41) is 15.4. The number of benzene rings is 3. The van der Waals surface area contributed by atoms with Crippen LogP contribution in [0.25, 0.3) is 0 Å². The van der Waals surface area contributed by atoms with Gasteiger partial charge in [-0.15, -0.1) is 0 Å². The molecule has 1 N–H and O–H groups in total. The highest BCUT2D eigenvalue weighted by atomic mass is 32.2. The first-order valence-electron chi connectivity index (χ1n) is 11.3. The minimum Gasteiger partial charge on any atom is -0.490 e. The molecule has 0 saturated heterocycles. The number of nitro groups is 1. The van der Waals surface area contributed by atoms with Gasteiger partial charge in [0.1, 0.15) is 6.54 Å². The monoisotopic (exact) mass is 526 g/mol. The molecule has 0 saturated carbocycles. The third-order valence-electron chi connectivity index (χ3n) is 4.93. The maximum Gasteiger partial charge on any atom is 0.289 e. The number of rotatable bonds is 12. The number of anilines is 1. The molecular formula is C25H26N4O7S. The maximum absolute atomic E-state index is 13.5.